The zero-order chi connectivity index (χ0) is 7.56. The topological polar surface area (TPSA) is 0 Å². The van der Waals surface area contributed by atoms with Crippen molar-refractivity contribution in [3.05, 3.63) is 41.3 Å². The van der Waals surface area contributed by atoms with Gasteiger partial charge in [-0.3, -0.25) is 0 Å². The summed E-state index contributed by atoms with van der Waals surface area (Å²) in [6.07, 6.45) is 0. The van der Waals surface area contributed by atoms with Crippen molar-refractivity contribution in [2.75, 3.05) is 0 Å². The van der Waals surface area contributed by atoms with Crippen LogP contribution in [0.4, 0.5) is 8.78 Å². The van der Waals surface area contributed by atoms with Crippen LogP contribution in [0.15, 0.2) is 18.2 Å². The molecule has 1 radical (unpaired) electrons. The summed E-state index contributed by atoms with van der Waals surface area (Å²) in [6, 6.07) is 3.59. The van der Waals surface area contributed by atoms with Crippen molar-refractivity contribution in [3.8, 4) is 0 Å². The third-order valence-corrected chi connectivity index (χ3v) is 1.33. The molecule has 0 unspecified atom stereocenters. The minimum atomic E-state index is -0.644. The lowest BCUT2D eigenvalue weighted by Crippen LogP contribution is -1.88. The fraction of sp³-hybridized carbons (Fsp3) is 0. The fourth-order valence-electron chi connectivity index (χ4n) is 0.615. The average molecular weight is 162 g/mol. The molecule has 0 N–H and O–H groups in total. The SMILES string of the molecule is Fc1cccc(F)c1[CH]Cl. The summed E-state index contributed by atoms with van der Waals surface area (Å²) in [4.78, 5) is 0. The molecule has 0 aliphatic carbocycles. The van der Waals surface area contributed by atoms with E-state index < -0.39 is 11.6 Å². The summed E-state index contributed by atoms with van der Waals surface area (Å²) < 4.78 is 25.0. The molecule has 0 amide bonds. The van der Waals surface area contributed by atoms with E-state index in [1.165, 1.54) is 6.07 Å². The number of benzene rings is 1. The molecule has 0 atom stereocenters. The molecule has 0 nitrogen and oxygen atoms in total. The predicted octanol–water partition coefficient (Wildman–Crippen LogP) is 2.71. The summed E-state index contributed by atoms with van der Waals surface area (Å²) in [7, 11) is 0. The van der Waals surface area contributed by atoms with E-state index in [4.69, 9.17) is 11.6 Å². The molecule has 0 bridgehead atoms. The second-order valence-electron chi connectivity index (χ2n) is 1.74. The summed E-state index contributed by atoms with van der Waals surface area (Å²) in [6.45, 7) is 0. The maximum absolute atomic E-state index is 12.5. The van der Waals surface area contributed by atoms with Crippen LogP contribution >= 0.6 is 11.6 Å². The third-order valence-electron chi connectivity index (χ3n) is 1.11. The Hall–Kier alpha value is -0.630. The first-order valence-corrected chi connectivity index (χ1v) is 3.07. The monoisotopic (exact) mass is 161 g/mol. The van der Waals surface area contributed by atoms with E-state index in [0.29, 0.717) is 0 Å². The highest BCUT2D eigenvalue weighted by molar-refractivity contribution is 6.25. The van der Waals surface area contributed by atoms with Gasteiger partial charge in [-0.2, -0.15) is 0 Å². The van der Waals surface area contributed by atoms with Crippen LogP contribution in [0.3, 0.4) is 0 Å². The van der Waals surface area contributed by atoms with Gasteiger partial charge in [-0.15, -0.1) is 11.6 Å². The molecule has 53 valence electrons. The van der Waals surface area contributed by atoms with Gasteiger partial charge >= 0.3 is 0 Å². The molecular formula is C7H4ClF2. The van der Waals surface area contributed by atoms with E-state index in [2.05, 4.69) is 0 Å². The van der Waals surface area contributed by atoms with Crippen LogP contribution in [-0.2, 0) is 0 Å². The van der Waals surface area contributed by atoms with Gasteiger partial charge in [-0.05, 0) is 12.1 Å². The van der Waals surface area contributed by atoms with Crippen LogP contribution in [0.5, 0.6) is 0 Å². The largest absolute Gasteiger partial charge is 0.207 e. The quantitative estimate of drug-likeness (QED) is 0.594. The Balaban J connectivity index is 3.17. The number of hydrogen-bond donors (Lipinski definition) is 0. The molecular weight excluding hydrogens is 158 g/mol. The molecule has 0 saturated heterocycles. The fourth-order valence-corrected chi connectivity index (χ4v) is 0.823. The minimum Gasteiger partial charge on any atom is -0.207 e. The highest BCUT2D eigenvalue weighted by Gasteiger charge is 2.05. The second kappa shape index (κ2) is 2.97. The lowest BCUT2D eigenvalue weighted by molar-refractivity contribution is 0.574. The smallest absolute Gasteiger partial charge is 0.130 e. The lowest BCUT2D eigenvalue weighted by atomic mass is 10.2. The van der Waals surface area contributed by atoms with Gasteiger partial charge in [0.25, 0.3) is 0 Å². The van der Waals surface area contributed by atoms with Crippen molar-refractivity contribution in [3.63, 3.8) is 0 Å². The van der Waals surface area contributed by atoms with Crippen molar-refractivity contribution in [1.82, 2.24) is 0 Å². The van der Waals surface area contributed by atoms with Crippen molar-refractivity contribution >= 4 is 11.6 Å². The Kier molecular flexibility index (Phi) is 2.22. The summed E-state index contributed by atoms with van der Waals surface area (Å²) in [5, 5.41) is 0. The summed E-state index contributed by atoms with van der Waals surface area (Å²) in [5.74, 6) is -0.407. The normalized spacial score (nSPS) is 9.90. The first-order valence-electron chi connectivity index (χ1n) is 2.63. The molecule has 3 heteroatoms. The number of halogens is 3. The summed E-state index contributed by atoms with van der Waals surface area (Å²) >= 11 is 5.13. The van der Waals surface area contributed by atoms with Gasteiger partial charge in [-0.1, -0.05) is 6.07 Å². The minimum absolute atomic E-state index is 0.191. The van der Waals surface area contributed by atoms with E-state index in [9.17, 15) is 8.78 Å². The van der Waals surface area contributed by atoms with Crippen LogP contribution in [0.2, 0.25) is 0 Å². The van der Waals surface area contributed by atoms with Crippen LogP contribution in [0.1, 0.15) is 5.56 Å². The van der Waals surface area contributed by atoms with Gasteiger partial charge in [0.05, 0.1) is 5.88 Å². The lowest BCUT2D eigenvalue weighted by Gasteiger charge is -1.96. The van der Waals surface area contributed by atoms with Gasteiger partial charge in [0.1, 0.15) is 11.6 Å². The molecule has 0 aliphatic heterocycles. The Labute approximate surface area is 62.4 Å². The second-order valence-corrected chi connectivity index (χ2v) is 1.96. The van der Waals surface area contributed by atoms with Gasteiger partial charge in [0, 0.05) is 5.56 Å². The molecule has 1 aromatic rings. The van der Waals surface area contributed by atoms with E-state index in [1.807, 2.05) is 0 Å². The van der Waals surface area contributed by atoms with E-state index in [-0.39, 0.29) is 5.56 Å². The third kappa shape index (κ3) is 1.27. The Morgan fingerprint density at radius 2 is 1.70 bits per heavy atom. The van der Waals surface area contributed by atoms with Crippen molar-refractivity contribution in [2.24, 2.45) is 0 Å². The Morgan fingerprint density at radius 3 is 2.00 bits per heavy atom. The zero-order valence-electron chi connectivity index (χ0n) is 4.94. The first kappa shape index (κ1) is 7.48. The molecule has 10 heavy (non-hydrogen) atoms. The van der Waals surface area contributed by atoms with Gasteiger partial charge in [0.15, 0.2) is 0 Å². The number of rotatable bonds is 1. The highest BCUT2D eigenvalue weighted by atomic mass is 35.5. The molecule has 1 rings (SSSR count). The Morgan fingerprint density at radius 1 is 1.20 bits per heavy atom. The molecule has 0 aliphatic rings. The standard InChI is InChI=1S/C7H4ClF2/c8-4-5-6(9)2-1-3-7(5)10/h1-4H. The molecule has 0 fully saturated rings. The highest BCUT2D eigenvalue weighted by Crippen LogP contribution is 2.15. The predicted molar refractivity (Wildman–Crippen MR) is 35.6 cm³/mol. The van der Waals surface area contributed by atoms with Crippen LogP contribution in [-0.4, -0.2) is 0 Å². The average Bonchev–Trinajstić information content (AvgIpc) is 1.88. The van der Waals surface area contributed by atoms with Crippen LogP contribution in [0, 0.1) is 17.5 Å². The molecule has 0 aromatic heterocycles. The van der Waals surface area contributed by atoms with E-state index >= 15 is 0 Å². The zero-order valence-corrected chi connectivity index (χ0v) is 5.70. The first-order chi connectivity index (χ1) is 4.75. The van der Waals surface area contributed by atoms with Gasteiger partial charge in [-0.25, -0.2) is 8.78 Å². The maximum Gasteiger partial charge on any atom is 0.130 e. The molecule has 1 aromatic carbocycles. The Bertz CT molecular complexity index is 215. The maximum atomic E-state index is 12.5. The molecule has 0 heterocycles. The van der Waals surface area contributed by atoms with Crippen molar-refractivity contribution < 1.29 is 8.78 Å². The summed E-state index contributed by atoms with van der Waals surface area (Å²) in [5.41, 5.74) is -0.191. The van der Waals surface area contributed by atoms with Gasteiger partial charge < -0.3 is 0 Å². The van der Waals surface area contributed by atoms with Crippen molar-refractivity contribution in [1.29, 1.82) is 0 Å². The van der Waals surface area contributed by atoms with Crippen molar-refractivity contribution in [2.45, 2.75) is 0 Å². The van der Waals surface area contributed by atoms with Gasteiger partial charge in [0.2, 0.25) is 0 Å². The number of hydrogen-bond acceptors (Lipinski definition) is 0. The van der Waals surface area contributed by atoms with E-state index in [0.717, 1.165) is 18.0 Å². The van der Waals surface area contributed by atoms with Crippen LogP contribution in [0.25, 0.3) is 0 Å². The molecule has 0 spiro atoms. The van der Waals surface area contributed by atoms with E-state index in [1.54, 1.807) is 0 Å². The van der Waals surface area contributed by atoms with Crippen LogP contribution < -0.4 is 0 Å². The molecule has 0 saturated carbocycles.